The molecular formula is C13H16FNO4S. The smallest absolute Gasteiger partial charge is 0.322 e. The quantitative estimate of drug-likeness (QED) is 0.784. The molecule has 0 spiro atoms. The second-order valence-electron chi connectivity index (χ2n) is 4.41. The van der Waals surface area contributed by atoms with Crippen molar-refractivity contribution in [3.8, 4) is 0 Å². The molecule has 1 unspecified atom stereocenters. The second kappa shape index (κ2) is 6.15. The van der Waals surface area contributed by atoms with Crippen molar-refractivity contribution in [2.45, 2.75) is 31.2 Å². The Labute approximate surface area is 117 Å². The van der Waals surface area contributed by atoms with Crippen LogP contribution in [0.3, 0.4) is 0 Å². The van der Waals surface area contributed by atoms with Crippen LogP contribution in [0.15, 0.2) is 29.7 Å². The maximum Gasteiger partial charge on any atom is 0.322 e. The lowest BCUT2D eigenvalue weighted by Gasteiger charge is -2.16. The van der Waals surface area contributed by atoms with E-state index in [1.165, 1.54) is 19.9 Å². The zero-order valence-electron chi connectivity index (χ0n) is 11.2. The van der Waals surface area contributed by atoms with Crippen LogP contribution >= 0.6 is 0 Å². The Morgan fingerprint density at radius 2 is 1.95 bits per heavy atom. The summed E-state index contributed by atoms with van der Waals surface area (Å²) in [7, 11) is -4.05. The van der Waals surface area contributed by atoms with E-state index in [4.69, 9.17) is 5.11 Å². The number of aryl methyl sites for hydroxylation is 2. The molecule has 1 atom stereocenters. The van der Waals surface area contributed by atoms with Crippen LogP contribution in [0.1, 0.15) is 17.5 Å². The average Bonchev–Trinajstić information content (AvgIpc) is 2.25. The van der Waals surface area contributed by atoms with Crippen LogP contribution < -0.4 is 4.72 Å². The summed E-state index contributed by atoms with van der Waals surface area (Å²) < 4.78 is 39.8. The molecule has 7 heteroatoms. The zero-order chi connectivity index (χ0) is 15.5. The van der Waals surface area contributed by atoms with Crippen LogP contribution in [-0.4, -0.2) is 25.5 Å². The van der Waals surface area contributed by atoms with Crippen molar-refractivity contribution >= 4 is 16.0 Å². The molecule has 2 N–H and O–H groups in total. The molecule has 5 nitrogen and oxygen atoms in total. The molecule has 0 bridgehead atoms. The highest BCUT2D eigenvalue weighted by atomic mass is 32.2. The fourth-order valence-corrected chi connectivity index (χ4v) is 3.59. The highest BCUT2D eigenvalue weighted by Crippen LogP contribution is 2.21. The van der Waals surface area contributed by atoms with E-state index in [0.717, 1.165) is 12.1 Å². The Balaban J connectivity index is 3.24. The third-order valence-electron chi connectivity index (χ3n) is 2.69. The molecule has 0 saturated heterocycles. The lowest BCUT2D eigenvalue weighted by Crippen LogP contribution is -2.40. The van der Waals surface area contributed by atoms with Crippen LogP contribution in [0.25, 0.3) is 0 Å². The van der Waals surface area contributed by atoms with Gasteiger partial charge in [-0.15, -0.1) is 6.58 Å². The molecule has 0 aliphatic carbocycles. The van der Waals surface area contributed by atoms with Gasteiger partial charge < -0.3 is 5.11 Å². The van der Waals surface area contributed by atoms with Gasteiger partial charge in [0.15, 0.2) is 0 Å². The van der Waals surface area contributed by atoms with Crippen molar-refractivity contribution in [1.82, 2.24) is 4.72 Å². The molecule has 0 aliphatic heterocycles. The van der Waals surface area contributed by atoms with Gasteiger partial charge in [-0.1, -0.05) is 6.08 Å². The molecule has 0 fully saturated rings. The maximum absolute atomic E-state index is 13.2. The molecule has 1 aromatic rings. The third kappa shape index (κ3) is 3.64. The van der Waals surface area contributed by atoms with E-state index in [1.807, 2.05) is 0 Å². The third-order valence-corrected chi connectivity index (χ3v) is 4.47. The molecule has 1 aromatic carbocycles. The van der Waals surface area contributed by atoms with Gasteiger partial charge in [-0.05, 0) is 43.5 Å². The van der Waals surface area contributed by atoms with E-state index in [-0.39, 0.29) is 22.4 Å². The predicted molar refractivity (Wildman–Crippen MR) is 72.4 cm³/mol. The van der Waals surface area contributed by atoms with Crippen molar-refractivity contribution < 1.29 is 22.7 Å². The van der Waals surface area contributed by atoms with Gasteiger partial charge in [0, 0.05) is 0 Å². The molecule has 0 heterocycles. The van der Waals surface area contributed by atoms with Gasteiger partial charge in [0.1, 0.15) is 11.9 Å². The second-order valence-corrected chi connectivity index (χ2v) is 6.06. The lowest BCUT2D eigenvalue weighted by molar-refractivity contribution is -0.138. The first-order valence-electron chi connectivity index (χ1n) is 5.82. The normalized spacial score (nSPS) is 12.9. The summed E-state index contributed by atoms with van der Waals surface area (Å²) >= 11 is 0. The average molecular weight is 301 g/mol. The first-order valence-corrected chi connectivity index (χ1v) is 7.30. The van der Waals surface area contributed by atoms with E-state index in [2.05, 4.69) is 11.3 Å². The minimum Gasteiger partial charge on any atom is -0.480 e. The monoisotopic (exact) mass is 301 g/mol. The molecule has 0 radical (unpaired) electrons. The van der Waals surface area contributed by atoms with Gasteiger partial charge in [-0.3, -0.25) is 4.79 Å². The van der Waals surface area contributed by atoms with E-state index in [0.29, 0.717) is 0 Å². The number of carbonyl (C=O) groups is 1. The summed E-state index contributed by atoms with van der Waals surface area (Å²) in [5, 5.41) is 8.96. The highest BCUT2D eigenvalue weighted by molar-refractivity contribution is 7.89. The summed E-state index contributed by atoms with van der Waals surface area (Å²) in [6.07, 6.45) is 1.26. The first-order chi connectivity index (χ1) is 9.19. The Hall–Kier alpha value is -1.73. The summed E-state index contributed by atoms with van der Waals surface area (Å²) in [5.74, 6) is -1.84. The maximum atomic E-state index is 13.2. The summed E-state index contributed by atoms with van der Waals surface area (Å²) in [6, 6.07) is 0.872. The van der Waals surface area contributed by atoms with Gasteiger partial charge in [0.25, 0.3) is 0 Å². The zero-order valence-corrected chi connectivity index (χ0v) is 12.0. The van der Waals surface area contributed by atoms with Crippen molar-refractivity contribution in [1.29, 1.82) is 0 Å². The van der Waals surface area contributed by atoms with Crippen molar-refractivity contribution in [2.24, 2.45) is 0 Å². The molecule has 20 heavy (non-hydrogen) atoms. The molecular weight excluding hydrogens is 285 g/mol. The largest absolute Gasteiger partial charge is 0.480 e. The SMILES string of the molecule is C=CCC(NS(=O)(=O)c1c(C)cc(F)cc1C)C(=O)O. The van der Waals surface area contributed by atoms with Gasteiger partial charge in [-0.25, -0.2) is 12.8 Å². The number of carboxylic acid groups (broad SMARTS) is 1. The molecule has 1 rings (SSSR count). The van der Waals surface area contributed by atoms with Crippen LogP contribution in [0, 0.1) is 19.7 Å². The molecule has 0 amide bonds. The minimum atomic E-state index is -4.05. The van der Waals surface area contributed by atoms with Gasteiger partial charge in [0.05, 0.1) is 4.90 Å². The number of aliphatic carboxylic acids is 1. The summed E-state index contributed by atoms with van der Waals surface area (Å²) in [4.78, 5) is 10.9. The number of hydrogen-bond donors (Lipinski definition) is 2. The van der Waals surface area contributed by atoms with E-state index >= 15 is 0 Å². The lowest BCUT2D eigenvalue weighted by atomic mass is 10.1. The molecule has 0 aliphatic rings. The topological polar surface area (TPSA) is 83.5 Å². The van der Waals surface area contributed by atoms with Crippen molar-refractivity contribution in [3.05, 3.63) is 41.7 Å². The molecule has 0 aromatic heterocycles. The Kier molecular flexibility index (Phi) is 5.02. The van der Waals surface area contributed by atoms with E-state index in [9.17, 15) is 17.6 Å². The minimum absolute atomic E-state index is 0.0478. The van der Waals surface area contributed by atoms with Gasteiger partial charge in [0.2, 0.25) is 10.0 Å². The number of sulfonamides is 1. The van der Waals surface area contributed by atoms with Gasteiger partial charge >= 0.3 is 5.97 Å². The number of rotatable bonds is 6. The number of halogens is 1. The van der Waals surface area contributed by atoms with Crippen LogP contribution in [0.5, 0.6) is 0 Å². The fraction of sp³-hybridized carbons (Fsp3) is 0.308. The predicted octanol–water partition coefficient (Wildman–Crippen LogP) is 1.75. The summed E-state index contributed by atoms with van der Waals surface area (Å²) in [6.45, 7) is 6.29. The van der Waals surface area contributed by atoms with Gasteiger partial charge in [-0.2, -0.15) is 4.72 Å². The van der Waals surface area contributed by atoms with Crippen molar-refractivity contribution in [2.75, 3.05) is 0 Å². The Morgan fingerprint density at radius 3 is 2.35 bits per heavy atom. The standard InChI is InChI=1S/C13H16FNO4S/c1-4-5-11(13(16)17)15-20(18,19)12-8(2)6-10(14)7-9(12)3/h4,6-7,11,15H,1,5H2,2-3H3,(H,16,17). The summed E-state index contributed by atoms with van der Waals surface area (Å²) in [5.41, 5.74) is 0.440. The number of carboxylic acids is 1. The highest BCUT2D eigenvalue weighted by Gasteiger charge is 2.27. The van der Waals surface area contributed by atoms with E-state index < -0.39 is 27.9 Å². The Morgan fingerprint density at radius 1 is 1.45 bits per heavy atom. The van der Waals surface area contributed by atoms with E-state index in [1.54, 1.807) is 0 Å². The molecule has 0 saturated carbocycles. The van der Waals surface area contributed by atoms with Crippen LogP contribution in [-0.2, 0) is 14.8 Å². The fourth-order valence-electron chi connectivity index (χ4n) is 1.93. The number of nitrogens with one attached hydrogen (secondary N) is 1. The van der Waals surface area contributed by atoms with Crippen LogP contribution in [0.4, 0.5) is 4.39 Å². The van der Waals surface area contributed by atoms with Crippen molar-refractivity contribution in [3.63, 3.8) is 0 Å². The molecule has 110 valence electrons. The first kappa shape index (κ1) is 16.3. The van der Waals surface area contributed by atoms with Crippen LogP contribution in [0.2, 0.25) is 0 Å². The number of benzene rings is 1. The number of hydrogen-bond acceptors (Lipinski definition) is 3. The Bertz CT molecular complexity index is 617.